The molecule has 1 saturated carbocycles. The van der Waals surface area contributed by atoms with E-state index >= 15 is 0 Å². The van der Waals surface area contributed by atoms with E-state index in [1.807, 2.05) is 30.3 Å². The Morgan fingerprint density at radius 3 is 2.62 bits per heavy atom. The Kier molecular flexibility index (Phi) is 4.66. The topological polar surface area (TPSA) is 102 Å². The summed E-state index contributed by atoms with van der Waals surface area (Å²) < 4.78 is 0. The van der Waals surface area contributed by atoms with Gasteiger partial charge in [0, 0.05) is 18.3 Å². The molecule has 1 atom stereocenters. The van der Waals surface area contributed by atoms with Crippen LogP contribution in [-0.4, -0.2) is 33.3 Å². The van der Waals surface area contributed by atoms with Crippen LogP contribution in [0.1, 0.15) is 28.8 Å². The molecule has 6 heteroatoms. The number of hydrogen-bond acceptors (Lipinski definition) is 4. The number of carbonyl (C=O) groups excluding carboxylic acids is 1. The third-order valence-corrected chi connectivity index (χ3v) is 4.48. The van der Waals surface area contributed by atoms with Crippen LogP contribution in [0.2, 0.25) is 0 Å². The van der Waals surface area contributed by atoms with Crippen LogP contribution in [0.15, 0.2) is 47.4 Å². The van der Waals surface area contributed by atoms with Crippen LogP contribution in [0, 0.1) is 5.92 Å². The number of pyridine rings is 1. The fourth-order valence-electron chi connectivity index (χ4n) is 3.05. The summed E-state index contributed by atoms with van der Waals surface area (Å²) in [5.41, 5.74) is 0.661. The van der Waals surface area contributed by atoms with Gasteiger partial charge in [-0.25, -0.2) is 0 Å². The number of amides is 1. The number of aliphatic hydroxyl groups excluding tert-OH is 1. The predicted octanol–water partition coefficient (Wildman–Crippen LogP) is 1.19. The van der Waals surface area contributed by atoms with Gasteiger partial charge in [-0.15, -0.1) is 0 Å². The van der Waals surface area contributed by atoms with Gasteiger partial charge in [0.25, 0.3) is 11.5 Å². The van der Waals surface area contributed by atoms with Crippen molar-refractivity contribution in [2.24, 2.45) is 5.92 Å². The summed E-state index contributed by atoms with van der Waals surface area (Å²) in [6, 6.07) is 10.6. The Balaban J connectivity index is 1.75. The van der Waals surface area contributed by atoms with Gasteiger partial charge in [-0.1, -0.05) is 30.3 Å². The first-order chi connectivity index (χ1) is 11.5. The zero-order valence-corrected chi connectivity index (χ0v) is 13.1. The molecule has 4 N–H and O–H groups in total. The first-order valence-corrected chi connectivity index (χ1v) is 7.97. The molecular formula is C18H20N2O4. The van der Waals surface area contributed by atoms with Gasteiger partial charge in [0.05, 0.1) is 11.7 Å². The molecule has 1 amide bonds. The van der Waals surface area contributed by atoms with Gasteiger partial charge in [0.2, 0.25) is 0 Å². The summed E-state index contributed by atoms with van der Waals surface area (Å²) >= 11 is 0. The highest BCUT2D eigenvalue weighted by Gasteiger charge is 2.35. The molecule has 0 saturated heterocycles. The minimum Gasteiger partial charge on any atom is -0.507 e. The van der Waals surface area contributed by atoms with Crippen LogP contribution < -0.4 is 10.9 Å². The molecule has 126 valence electrons. The highest BCUT2D eigenvalue weighted by atomic mass is 16.3. The average molecular weight is 328 g/mol. The first kappa shape index (κ1) is 16.3. The normalized spacial score (nSPS) is 20.9. The zero-order chi connectivity index (χ0) is 17.1. The smallest absolute Gasteiger partial charge is 0.256 e. The number of rotatable bonds is 5. The number of aromatic hydroxyl groups is 1. The molecule has 1 heterocycles. The molecule has 0 bridgehead atoms. The van der Waals surface area contributed by atoms with Crippen molar-refractivity contribution >= 4 is 5.91 Å². The lowest BCUT2D eigenvalue weighted by atomic mass is 9.75. The van der Waals surface area contributed by atoms with E-state index in [9.17, 15) is 19.8 Å². The molecule has 1 aliphatic carbocycles. The number of carbonyl (C=O) groups is 1. The number of aromatic nitrogens is 1. The molecular weight excluding hydrogens is 308 g/mol. The first-order valence-electron chi connectivity index (χ1n) is 7.97. The molecule has 1 aromatic heterocycles. The molecule has 6 nitrogen and oxygen atoms in total. The fraction of sp³-hybridized carbons (Fsp3) is 0.333. The third-order valence-electron chi connectivity index (χ3n) is 4.48. The van der Waals surface area contributed by atoms with Gasteiger partial charge in [-0.05, 0) is 30.7 Å². The molecule has 0 aliphatic heterocycles. The molecule has 24 heavy (non-hydrogen) atoms. The van der Waals surface area contributed by atoms with Gasteiger partial charge in [0.1, 0.15) is 5.75 Å². The maximum absolute atomic E-state index is 12.4. The highest BCUT2D eigenvalue weighted by molar-refractivity contribution is 5.96. The lowest BCUT2D eigenvalue weighted by molar-refractivity contribution is 0.0239. The monoisotopic (exact) mass is 328 g/mol. The van der Waals surface area contributed by atoms with E-state index in [0.29, 0.717) is 19.3 Å². The van der Waals surface area contributed by atoms with Gasteiger partial charge in [0.15, 0.2) is 0 Å². The van der Waals surface area contributed by atoms with Crippen LogP contribution in [0.3, 0.4) is 0 Å². The van der Waals surface area contributed by atoms with Crippen LogP contribution in [0.4, 0.5) is 0 Å². The second-order valence-electron chi connectivity index (χ2n) is 6.25. The minimum absolute atomic E-state index is 0.0348. The van der Waals surface area contributed by atoms with E-state index < -0.39 is 11.5 Å². The SMILES string of the molecule is O=C(N[C@@H](Cc1ccccc1)C1CC(O)C1)c1c[nH]c(=O)cc1O. The maximum Gasteiger partial charge on any atom is 0.256 e. The predicted molar refractivity (Wildman–Crippen MR) is 88.9 cm³/mol. The number of hydrogen-bond donors (Lipinski definition) is 4. The van der Waals surface area contributed by atoms with Crippen molar-refractivity contribution in [3.63, 3.8) is 0 Å². The fourth-order valence-corrected chi connectivity index (χ4v) is 3.05. The molecule has 0 unspecified atom stereocenters. The highest BCUT2D eigenvalue weighted by Crippen LogP contribution is 2.32. The molecule has 0 radical (unpaired) electrons. The Bertz CT molecular complexity index is 766. The molecule has 0 spiro atoms. The quantitative estimate of drug-likeness (QED) is 0.662. The summed E-state index contributed by atoms with van der Waals surface area (Å²) in [5.74, 6) is -0.594. The van der Waals surface area contributed by atoms with Gasteiger partial charge < -0.3 is 20.5 Å². The van der Waals surface area contributed by atoms with Crippen molar-refractivity contribution in [1.29, 1.82) is 0 Å². The summed E-state index contributed by atoms with van der Waals surface area (Å²) in [5, 5.41) is 22.3. The van der Waals surface area contributed by atoms with E-state index in [2.05, 4.69) is 10.3 Å². The third kappa shape index (κ3) is 3.65. The Hall–Kier alpha value is -2.60. The number of H-pyrrole nitrogens is 1. The number of aromatic amines is 1. The summed E-state index contributed by atoms with van der Waals surface area (Å²) in [6.45, 7) is 0. The largest absolute Gasteiger partial charge is 0.507 e. The summed E-state index contributed by atoms with van der Waals surface area (Å²) in [4.78, 5) is 26.0. The Morgan fingerprint density at radius 1 is 1.29 bits per heavy atom. The van der Waals surface area contributed by atoms with Crippen LogP contribution >= 0.6 is 0 Å². The lowest BCUT2D eigenvalue weighted by Gasteiger charge is -2.38. The number of benzene rings is 1. The van der Waals surface area contributed by atoms with E-state index in [1.54, 1.807) is 0 Å². The molecule has 3 rings (SSSR count). The second kappa shape index (κ2) is 6.88. The van der Waals surface area contributed by atoms with Crippen molar-refractivity contribution in [2.45, 2.75) is 31.4 Å². The van der Waals surface area contributed by atoms with Crippen molar-refractivity contribution in [3.05, 3.63) is 64.1 Å². The van der Waals surface area contributed by atoms with Crippen molar-refractivity contribution in [3.8, 4) is 5.75 Å². The molecule has 1 aromatic carbocycles. The summed E-state index contributed by atoms with van der Waals surface area (Å²) in [7, 11) is 0. The molecule has 2 aromatic rings. The second-order valence-corrected chi connectivity index (χ2v) is 6.25. The summed E-state index contributed by atoms with van der Waals surface area (Å²) in [6.07, 6.45) is 2.84. The van der Waals surface area contributed by atoms with Crippen molar-refractivity contribution in [2.75, 3.05) is 0 Å². The van der Waals surface area contributed by atoms with Crippen LogP contribution in [0.25, 0.3) is 0 Å². The standard InChI is InChI=1S/C18H20N2O4/c21-13-7-12(8-13)15(6-11-4-2-1-3-5-11)20-18(24)14-10-19-17(23)9-16(14)22/h1-5,9-10,12-13,15,21H,6-8H2,(H,20,24)(H2,19,22,23)/t12?,13?,15-/m0/s1. The van der Waals surface area contributed by atoms with Crippen molar-refractivity contribution in [1.82, 2.24) is 10.3 Å². The van der Waals surface area contributed by atoms with E-state index in [0.717, 1.165) is 11.6 Å². The molecule has 1 fully saturated rings. The van der Waals surface area contributed by atoms with E-state index in [-0.39, 0.29) is 29.4 Å². The minimum atomic E-state index is -0.466. The van der Waals surface area contributed by atoms with E-state index in [1.165, 1.54) is 6.20 Å². The lowest BCUT2D eigenvalue weighted by Crippen LogP contribution is -2.48. The Morgan fingerprint density at radius 2 is 2.00 bits per heavy atom. The average Bonchev–Trinajstić information content (AvgIpc) is 2.52. The van der Waals surface area contributed by atoms with E-state index in [4.69, 9.17) is 0 Å². The van der Waals surface area contributed by atoms with Gasteiger partial charge in [-0.3, -0.25) is 9.59 Å². The van der Waals surface area contributed by atoms with Gasteiger partial charge in [-0.2, -0.15) is 0 Å². The Labute approximate surface area is 139 Å². The zero-order valence-electron chi connectivity index (χ0n) is 13.1. The van der Waals surface area contributed by atoms with Crippen molar-refractivity contribution < 1.29 is 15.0 Å². The number of nitrogens with one attached hydrogen (secondary N) is 2. The van der Waals surface area contributed by atoms with Crippen LogP contribution in [0.5, 0.6) is 5.75 Å². The maximum atomic E-state index is 12.4. The van der Waals surface area contributed by atoms with Crippen LogP contribution in [-0.2, 0) is 6.42 Å². The van der Waals surface area contributed by atoms with Gasteiger partial charge >= 0.3 is 0 Å². The number of aliphatic hydroxyl groups is 1. The molecule has 1 aliphatic rings.